The van der Waals surface area contributed by atoms with Crippen molar-refractivity contribution in [3.63, 3.8) is 0 Å². The number of methoxy groups -OCH3 is 1. The van der Waals surface area contributed by atoms with Crippen molar-refractivity contribution in [3.8, 4) is 0 Å². The molecule has 0 saturated heterocycles. The Morgan fingerprint density at radius 2 is 1.86 bits per heavy atom. The minimum Gasteiger partial charge on any atom is -0.468 e. The van der Waals surface area contributed by atoms with E-state index in [0.717, 1.165) is 19.2 Å². The van der Waals surface area contributed by atoms with Crippen LogP contribution in [0.2, 0.25) is 0 Å². The molecular weight excluding hydrogens is 394 g/mol. The molecule has 0 aliphatic rings. The Morgan fingerprint density at radius 1 is 1.18 bits per heavy atom. The van der Waals surface area contributed by atoms with Gasteiger partial charge in [-0.25, -0.2) is 17.2 Å². The summed E-state index contributed by atoms with van der Waals surface area (Å²) in [6.45, 7) is 1.07. The van der Waals surface area contributed by atoms with Crippen molar-refractivity contribution >= 4 is 27.3 Å². The highest BCUT2D eigenvalue weighted by atomic mass is 32.2. The van der Waals surface area contributed by atoms with Crippen LogP contribution in [-0.2, 0) is 26.0 Å². The van der Waals surface area contributed by atoms with Crippen LogP contribution in [0.4, 0.5) is 14.5 Å². The van der Waals surface area contributed by atoms with Crippen LogP contribution in [0.1, 0.15) is 12.7 Å². The van der Waals surface area contributed by atoms with Gasteiger partial charge in [-0.3, -0.25) is 13.5 Å². The Morgan fingerprint density at radius 3 is 2.46 bits per heavy atom. The van der Waals surface area contributed by atoms with E-state index in [1.807, 2.05) is 6.92 Å². The number of anilines is 1. The van der Waals surface area contributed by atoms with Crippen LogP contribution in [0.3, 0.4) is 0 Å². The van der Waals surface area contributed by atoms with Gasteiger partial charge < -0.3 is 4.74 Å². The SMILES string of the molecule is CCc1nnc2ccc(S(=O)(=O)N(CC(=O)OC)c3cc(F)cc(F)c3)cn12. The molecule has 0 saturated carbocycles. The van der Waals surface area contributed by atoms with E-state index in [4.69, 9.17) is 0 Å². The van der Waals surface area contributed by atoms with Gasteiger partial charge in [0, 0.05) is 18.7 Å². The predicted molar refractivity (Wildman–Crippen MR) is 95.3 cm³/mol. The van der Waals surface area contributed by atoms with Crippen molar-refractivity contribution in [1.82, 2.24) is 14.6 Å². The number of halogens is 2. The molecule has 0 atom stereocenters. The fraction of sp³-hybridized carbons (Fsp3) is 0.235. The first kappa shape index (κ1) is 19.7. The van der Waals surface area contributed by atoms with E-state index in [2.05, 4.69) is 14.9 Å². The molecule has 0 radical (unpaired) electrons. The van der Waals surface area contributed by atoms with Gasteiger partial charge in [0.1, 0.15) is 28.9 Å². The molecule has 11 heteroatoms. The van der Waals surface area contributed by atoms with Gasteiger partial charge in [-0.05, 0) is 24.3 Å². The Balaban J connectivity index is 2.15. The molecule has 2 heterocycles. The third kappa shape index (κ3) is 3.65. The van der Waals surface area contributed by atoms with E-state index in [1.165, 1.54) is 22.7 Å². The predicted octanol–water partition coefficient (Wildman–Crippen LogP) is 1.94. The number of ether oxygens (including phenoxy) is 1. The third-order valence-electron chi connectivity index (χ3n) is 3.99. The molecule has 0 bridgehead atoms. The van der Waals surface area contributed by atoms with Crippen LogP contribution in [0, 0.1) is 11.6 Å². The van der Waals surface area contributed by atoms with Crippen LogP contribution >= 0.6 is 0 Å². The molecule has 0 fully saturated rings. The standard InChI is InChI=1S/C17H16F2N4O4S/c1-3-15-20-21-16-5-4-14(9-22(15)16)28(25,26)23(10-17(24)27-2)13-7-11(18)6-12(19)8-13/h4-9H,3,10H2,1-2H3. The highest BCUT2D eigenvalue weighted by Crippen LogP contribution is 2.26. The van der Waals surface area contributed by atoms with Gasteiger partial charge in [0.05, 0.1) is 12.8 Å². The number of rotatable bonds is 6. The maximum Gasteiger partial charge on any atom is 0.326 e. The number of nitrogens with zero attached hydrogens (tertiary/aromatic N) is 4. The molecule has 0 N–H and O–H groups in total. The van der Waals surface area contributed by atoms with E-state index in [-0.39, 0.29) is 10.6 Å². The average molecular weight is 410 g/mol. The number of carbonyl (C=O) groups excluding carboxylic acids is 1. The van der Waals surface area contributed by atoms with Gasteiger partial charge in [0.15, 0.2) is 5.65 Å². The maximum atomic E-state index is 13.7. The van der Waals surface area contributed by atoms with E-state index in [1.54, 1.807) is 0 Å². The van der Waals surface area contributed by atoms with E-state index >= 15 is 0 Å². The van der Waals surface area contributed by atoms with Crippen LogP contribution in [0.15, 0.2) is 41.4 Å². The highest BCUT2D eigenvalue weighted by Gasteiger charge is 2.29. The van der Waals surface area contributed by atoms with Crippen LogP contribution in [-0.4, -0.2) is 42.6 Å². The fourth-order valence-corrected chi connectivity index (χ4v) is 4.01. The monoisotopic (exact) mass is 410 g/mol. The maximum absolute atomic E-state index is 13.7. The lowest BCUT2D eigenvalue weighted by atomic mass is 10.3. The normalized spacial score (nSPS) is 11.6. The zero-order valence-electron chi connectivity index (χ0n) is 15.0. The number of hydrogen-bond acceptors (Lipinski definition) is 6. The summed E-state index contributed by atoms with van der Waals surface area (Å²) >= 11 is 0. The first-order valence-corrected chi connectivity index (χ1v) is 9.59. The lowest BCUT2D eigenvalue weighted by Crippen LogP contribution is -2.36. The van der Waals surface area contributed by atoms with E-state index in [9.17, 15) is 22.0 Å². The first-order valence-electron chi connectivity index (χ1n) is 8.15. The van der Waals surface area contributed by atoms with E-state index < -0.39 is 34.2 Å². The summed E-state index contributed by atoms with van der Waals surface area (Å²) in [5, 5.41) is 7.89. The van der Waals surface area contributed by atoms with Gasteiger partial charge in [-0.15, -0.1) is 10.2 Å². The topological polar surface area (TPSA) is 93.9 Å². The molecule has 0 unspecified atom stereocenters. The van der Waals surface area contributed by atoms with Crippen LogP contribution in [0.5, 0.6) is 0 Å². The average Bonchev–Trinajstić information content (AvgIpc) is 3.07. The van der Waals surface area contributed by atoms with Crippen molar-refractivity contribution in [2.24, 2.45) is 0 Å². The lowest BCUT2D eigenvalue weighted by molar-refractivity contribution is -0.138. The molecule has 0 spiro atoms. The summed E-state index contributed by atoms with van der Waals surface area (Å²) in [7, 11) is -3.28. The lowest BCUT2D eigenvalue weighted by Gasteiger charge is -2.23. The van der Waals surface area contributed by atoms with Crippen LogP contribution in [0.25, 0.3) is 5.65 Å². The Bertz CT molecular complexity index is 1130. The van der Waals surface area contributed by atoms with Crippen molar-refractivity contribution in [3.05, 3.63) is 54.0 Å². The summed E-state index contributed by atoms with van der Waals surface area (Å²) in [6.07, 6.45) is 1.80. The number of aromatic nitrogens is 3. The van der Waals surface area contributed by atoms with E-state index in [0.29, 0.717) is 28.3 Å². The summed E-state index contributed by atoms with van der Waals surface area (Å²) in [5.41, 5.74) is 0.0922. The van der Waals surface area contributed by atoms with Crippen molar-refractivity contribution in [2.45, 2.75) is 18.2 Å². The number of aryl methyl sites for hydroxylation is 1. The molecule has 8 nitrogen and oxygen atoms in total. The van der Waals surface area contributed by atoms with Crippen molar-refractivity contribution < 1.29 is 26.7 Å². The van der Waals surface area contributed by atoms with Gasteiger partial charge in [-0.2, -0.15) is 0 Å². The van der Waals surface area contributed by atoms with Gasteiger partial charge >= 0.3 is 5.97 Å². The summed E-state index contributed by atoms with van der Waals surface area (Å²) < 4.78 is 60.3. The van der Waals surface area contributed by atoms with Gasteiger partial charge in [0.2, 0.25) is 0 Å². The Labute approximate surface area is 159 Å². The summed E-state index contributed by atoms with van der Waals surface area (Å²) in [6, 6.07) is 4.96. The third-order valence-corrected chi connectivity index (χ3v) is 5.74. The molecule has 2 aromatic heterocycles. The molecule has 1 aromatic carbocycles. The van der Waals surface area contributed by atoms with Crippen LogP contribution < -0.4 is 4.31 Å². The zero-order chi connectivity index (χ0) is 20.5. The number of pyridine rings is 1. The number of carbonyl (C=O) groups is 1. The minimum atomic E-state index is -4.36. The second kappa shape index (κ2) is 7.50. The van der Waals surface area contributed by atoms with Gasteiger partial charge in [0.25, 0.3) is 10.0 Å². The zero-order valence-corrected chi connectivity index (χ0v) is 15.8. The largest absolute Gasteiger partial charge is 0.468 e. The smallest absolute Gasteiger partial charge is 0.326 e. The number of fused-ring (bicyclic) bond motifs is 1. The number of benzene rings is 1. The molecule has 3 aromatic rings. The Hall–Kier alpha value is -3.08. The first-order chi connectivity index (χ1) is 13.3. The summed E-state index contributed by atoms with van der Waals surface area (Å²) in [5.74, 6) is -2.33. The minimum absolute atomic E-state index is 0.205. The van der Waals surface area contributed by atoms with Crippen molar-refractivity contribution in [1.29, 1.82) is 0 Å². The molecule has 0 aliphatic carbocycles. The molecule has 0 aliphatic heterocycles. The molecule has 0 amide bonds. The summed E-state index contributed by atoms with van der Waals surface area (Å²) in [4.78, 5) is 11.6. The quantitative estimate of drug-likeness (QED) is 0.577. The highest BCUT2D eigenvalue weighted by molar-refractivity contribution is 7.92. The second-order valence-corrected chi connectivity index (χ2v) is 7.64. The number of esters is 1. The Kier molecular flexibility index (Phi) is 5.27. The van der Waals surface area contributed by atoms with Crippen molar-refractivity contribution in [2.75, 3.05) is 18.0 Å². The molecule has 28 heavy (non-hydrogen) atoms. The fourth-order valence-electron chi connectivity index (χ4n) is 2.62. The molecule has 148 valence electrons. The molecular formula is C17H16F2N4O4S. The number of hydrogen-bond donors (Lipinski definition) is 0. The second-order valence-electron chi connectivity index (χ2n) is 5.78. The molecule has 3 rings (SSSR count). The number of sulfonamides is 1. The van der Waals surface area contributed by atoms with Gasteiger partial charge in [-0.1, -0.05) is 6.92 Å².